The minimum Gasteiger partial charge on any atom is -0.192 e. The summed E-state index contributed by atoms with van der Waals surface area (Å²) >= 11 is 1.64. The highest BCUT2D eigenvalue weighted by molar-refractivity contribution is 7.13. The Morgan fingerprint density at radius 3 is 2.43 bits per heavy atom. The van der Waals surface area contributed by atoms with Gasteiger partial charge in [-0.05, 0) is 31.1 Å². The summed E-state index contributed by atoms with van der Waals surface area (Å²) in [6.45, 7) is 3.90. The molecule has 70 valence electrons. The molecule has 0 amide bonds. The van der Waals surface area contributed by atoms with E-state index in [1.807, 2.05) is 31.2 Å². The maximum absolute atomic E-state index is 8.70. The van der Waals surface area contributed by atoms with Gasteiger partial charge in [-0.1, -0.05) is 6.92 Å². The van der Waals surface area contributed by atoms with Crippen LogP contribution < -0.4 is 0 Å². The van der Waals surface area contributed by atoms with Crippen molar-refractivity contribution in [2.45, 2.75) is 20.3 Å². The molecule has 0 N–H and O–H groups in total. The molecule has 0 spiro atoms. The van der Waals surface area contributed by atoms with Crippen LogP contribution in [0.1, 0.15) is 23.6 Å². The molecule has 3 heteroatoms. The normalized spacial score (nSPS) is 8.86. The summed E-state index contributed by atoms with van der Waals surface area (Å²) in [4.78, 5) is 2.29. The Hall–Kier alpha value is -1.58. The fraction of sp³-hybridized carbons (Fsp3) is 0.273. The van der Waals surface area contributed by atoms with Crippen molar-refractivity contribution in [3.05, 3.63) is 27.5 Å². The third-order valence-electron chi connectivity index (χ3n) is 1.98. The maximum atomic E-state index is 8.70. The molecule has 0 saturated carbocycles. The second-order valence-electron chi connectivity index (χ2n) is 2.84. The van der Waals surface area contributed by atoms with Crippen molar-refractivity contribution in [2.24, 2.45) is 0 Å². The lowest BCUT2D eigenvalue weighted by Crippen LogP contribution is -1.79. The second kappa shape index (κ2) is 4.60. The number of aryl methyl sites for hydroxylation is 1. The van der Waals surface area contributed by atoms with E-state index < -0.39 is 0 Å². The van der Waals surface area contributed by atoms with Crippen LogP contribution >= 0.6 is 11.3 Å². The van der Waals surface area contributed by atoms with Crippen LogP contribution in [0.3, 0.4) is 0 Å². The second-order valence-corrected chi connectivity index (χ2v) is 4.01. The molecule has 0 bridgehead atoms. The number of allylic oxidation sites excluding steroid dienone is 2. The van der Waals surface area contributed by atoms with Gasteiger partial charge < -0.3 is 0 Å². The van der Waals surface area contributed by atoms with Crippen LogP contribution in [-0.4, -0.2) is 0 Å². The van der Waals surface area contributed by atoms with Gasteiger partial charge in [0.25, 0.3) is 0 Å². The molecule has 0 saturated heterocycles. The van der Waals surface area contributed by atoms with Gasteiger partial charge in [-0.15, -0.1) is 11.3 Å². The first-order valence-corrected chi connectivity index (χ1v) is 5.14. The summed E-state index contributed by atoms with van der Waals surface area (Å²) in [7, 11) is 0. The minimum atomic E-state index is 0.203. The molecule has 1 aromatic heterocycles. The smallest absolute Gasteiger partial charge is 0.133 e. The molecule has 0 fully saturated rings. The SMILES string of the molecule is CCc1ccc(C(C)=C(C#N)C#N)s1. The lowest BCUT2D eigenvalue weighted by atomic mass is 10.1. The maximum Gasteiger partial charge on any atom is 0.133 e. The molecule has 2 nitrogen and oxygen atoms in total. The Labute approximate surface area is 87.7 Å². The zero-order chi connectivity index (χ0) is 10.6. The van der Waals surface area contributed by atoms with Gasteiger partial charge in [0.15, 0.2) is 0 Å². The van der Waals surface area contributed by atoms with Crippen LogP contribution in [0.25, 0.3) is 5.57 Å². The van der Waals surface area contributed by atoms with Crippen molar-refractivity contribution in [1.82, 2.24) is 0 Å². The summed E-state index contributed by atoms with van der Waals surface area (Å²) < 4.78 is 0. The highest BCUT2D eigenvalue weighted by atomic mass is 32.1. The number of hydrogen-bond donors (Lipinski definition) is 0. The van der Waals surface area contributed by atoms with E-state index in [2.05, 4.69) is 6.92 Å². The Morgan fingerprint density at radius 1 is 1.36 bits per heavy atom. The predicted molar refractivity (Wildman–Crippen MR) is 57.5 cm³/mol. The van der Waals surface area contributed by atoms with Gasteiger partial charge in [0.05, 0.1) is 0 Å². The van der Waals surface area contributed by atoms with Crippen LogP contribution in [0.4, 0.5) is 0 Å². The van der Waals surface area contributed by atoms with Crippen molar-refractivity contribution < 1.29 is 0 Å². The quantitative estimate of drug-likeness (QED) is 0.692. The van der Waals surface area contributed by atoms with Crippen molar-refractivity contribution in [2.75, 3.05) is 0 Å². The summed E-state index contributed by atoms with van der Waals surface area (Å²) in [5.74, 6) is 0. The Balaban J connectivity index is 3.13. The highest BCUT2D eigenvalue weighted by Gasteiger charge is 2.06. The Bertz CT molecular complexity index is 425. The zero-order valence-electron chi connectivity index (χ0n) is 8.16. The molecule has 1 heterocycles. The molecule has 0 aromatic carbocycles. The Kier molecular flexibility index (Phi) is 3.45. The van der Waals surface area contributed by atoms with Crippen LogP contribution in [-0.2, 0) is 6.42 Å². The van der Waals surface area contributed by atoms with Crippen LogP contribution in [0.2, 0.25) is 0 Å². The highest BCUT2D eigenvalue weighted by Crippen LogP contribution is 2.26. The molecular formula is C11H10N2S. The molecular weight excluding hydrogens is 192 g/mol. The zero-order valence-corrected chi connectivity index (χ0v) is 8.98. The van der Waals surface area contributed by atoms with E-state index >= 15 is 0 Å². The number of hydrogen-bond acceptors (Lipinski definition) is 3. The first-order valence-electron chi connectivity index (χ1n) is 4.33. The molecule has 0 aliphatic carbocycles. The molecule has 0 unspecified atom stereocenters. The average Bonchev–Trinajstić information content (AvgIpc) is 2.67. The van der Waals surface area contributed by atoms with Crippen molar-refractivity contribution >= 4 is 16.9 Å². The van der Waals surface area contributed by atoms with E-state index in [-0.39, 0.29) is 5.57 Å². The first kappa shape index (κ1) is 10.5. The van der Waals surface area contributed by atoms with Gasteiger partial charge in [-0.3, -0.25) is 0 Å². The molecule has 14 heavy (non-hydrogen) atoms. The lowest BCUT2D eigenvalue weighted by Gasteiger charge is -1.94. The number of nitrogens with zero attached hydrogens (tertiary/aromatic N) is 2. The van der Waals surface area contributed by atoms with Crippen molar-refractivity contribution in [3.8, 4) is 12.1 Å². The molecule has 1 rings (SSSR count). The summed E-state index contributed by atoms with van der Waals surface area (Å²) in [5, 5.41) is 17.4. The fourth-order valence-electron chi connectivity index (χ4n) is 1.09. The van der Waals surface area contributed by atoms with E-state index in [0.717, 1.165) is 16.9 Å². The Morgan fingerprint density at radius 2 is 2.00 bits per heavy atom. The van der Waals surface area contributed by atoms with Gasteiger partial charge in [0.2, 0.25) is 0 Å². The first-order chi connectivity index (χ1) is 6.72. The van der Waals surface area contributed by atoms with Crippen LogP contribution in [0, 0.1) is 22.7 Å². The van der Waals surface area contributed by atoms with E-state index in [1.54, 1.807) is 11.3 Å². The third-order valence-corrected chi connectivity index (χ3v) is 3.33. The minimum absolute atomic E-state index is 0.203. The predicted octanol–water partition coefficient (Wildman–Crippen LogP) is 3.13. The summed E-state index contributed by atoms with van der Waals surface area (Å²) in [6.07, 6.45) is 0.992. The van der Waals surface area contributed by atoms with Crippen LogP contribution in [0.15, 0.2) is 17.7 Å². The van der Waals surface area contributed by atoms with Gasteiger partial charge in [0, 0.05) is 9.75 Å². The average molecular weight is 202 g/mol. The standard InChI is InChI=1S/C11H10N2S/c1-3-10-4-5-11(14-10)8(2)9(6-12)7-13/h4-5H,3H2,1-2H3. The van der Waals surface area contributed by atoms with Crippen molar-refractivity contribution in [1.29, 1.82) is 10.5 Å². The van der Waals surface area contributed by atoms with E-state index in [1.165, 1.54) is 4.88 Å². The van der Waals surface area contributed by atoms with E-state index in [9.17, 15) is 0 Å². The van der Waals surface area contributed by atoms with Gasteiger partial charge in [-0.2, -0.15) is 10.5 Å². The monoisotopic (exact) mass is 202 g/mol. The molecule has 0 aliphatic rings. The molecule has 0 atom stereocenters. The number of thiophene rings is 1. The van der Waals surface area contributed by atoms with Gasteiger partial charge in [0.1, 0.15) is 17.7 Å². The van der Waals surface area contributed by atoms with Crippen molar-refractivity contribution in [3.63, 3.8) is 0 Å². The largest absolute Gasteiger partial charge is 0.192 e. The molecule has 1 aromatic rings. The molecule has 0 radical (unpaired) electrons. The van der Waals surface area contributed by atoms with E-state index in [4.69, 9.17) is 10.5 Å². The number of nitriles is 2. The third kappa shape index (κ3) is 2.02. The van der Waals surface area contributed by atoms with Gasteiger partial charge >= 0.3 is 0 Å². The molecule has 0 aliphatic heterocycles. The van der Waals surface area contributed by atoms with E-state index in [0.29, 0.717) is 0 Å². The fourth-order valence-corrected chi connectivity index (χ4v) is 2.04. The summed E-state index contributed by atoms with van der Waals surface area (Å²) in [5.41, 5.74) is 0.981. The van der Waals surface area contributed by atoms with Crippen LogP contribution in [0.5, 0.6) is 0 Å². The lowest BCUT2D eigenvalue weighted by molar-refractivity contribution is 1.19. The topological polar surface area (TPSA) is 47.6 Å². The summed E-state index contributed by atoms with van der Waals surface area (Å²) in [6, 6.07) is 7.81. The number of rotatable bonds is 2. The van der Waals surface area contributed by atoms with Gasteiger partial charge in [-0.25, -0.2) is 0 Å².